The summed E-state index contributed by atoms with van der Waals surface area (Å²) in [6.07, 6.45) is 0.896. The number of H-pyrrole nitrogens is 1. The first kappa shape index (κ1) is 16.7. The zero-order chi connectivity index (χ0) is 17.4. The summed E-state index contributed by atoms with van der Waals surface area (Å²) < 4.78 is 3.01. The lowest BCUT2D eigenvalue weighted by atomic mass is 10.3. The minimum atomic E-state index is -0.421. The van der Waals surface area contributed by atoms with Crippen LogP contribution in [0, 0.1) is 6.92 Å². The Kier molecular flexibility index (Phi) is 4.42. The van der Waals surface area contributed by atoms with Crippen molar-refractivity contribution in [2.45, 2.75) is 19.9 Å². The summed E-state index contributed by atoms with van der Waals surface area (Å²) in [4.78, 5) is 36.0. The van der Waals surface area contributed by atoms with E-state index >= 15 is 0 Å². The number of hydrogen-bond donors (Lipinski definition) is 1. The van der Waals surface area contributed by atoms with Crippen molar-refractivity contribution in [1.82, 2.24) is 24.0 Å². The Morgan fingerprint density at radius 3 is 2.67 bits per heavy atom. The molecule has 3 aromatic heterocycles. The van der Waals surface area contributed by atoms with E-state index in [9.17, 15) is 9.59 Å². The molecular weight excluding hydrogens is 326 g/mol. The van der Waals surface area contributed by atoms with Gasteiger partial charge < -0.3 is 9.47 Å². The van der Waals surface area contributed by atoms with Gasteiger partial charge in [-0.1, -0.05) is 0 Å². The maximum Gasteiger partial charge on any atom is 0.329 e. The molecule has 0 aliphatic rings. The standard InChI is InChI=1S/C16H21N5O2S/c1-10-6-7-11(24-10)13-17-12-14(18-16(23)20(4)15(12)22)21(13)9-5-8-19(2)3/h6-7H,5,8-9H2,1-4H3,(H,18,23). The van der Waals surface area contributed by atoms with Gasteiger partial charge in [-0.3, -0.25) is 14.3 Å². The first-order chi connectivity index (χ1) is 11.4. The number of aryl methyl sites for hydroxylation is 2. The van der Waals surface area contributed by atoms with Crippen molar-refractivity contribution >= 4 is 22.5 Å². The zero-order valence-corrected chi connectivity index (χ0v) is 15.1. The molecule has 1 N–H and O–H groups in total. The van der Waals surface area contributed by atoms with Crippen molar-refractivity contribution in [2.24, 2.45) is 7.05 Å². The van der Waals surface area contributed by atoms with Crippen LogP contribution >= 0.6 is 11.3 Å². The van der Waals surface area contributed by atoms with Crippen molar-refractivity contribution < 1.29 is 0 Å². The number of thiophene rings is 1. The predicted molar refractivity (Wildman–Crippen MR) is 96.8 cm³/mol. The highest BCUT2D eigenvalue weighted by Crippen LogP contribution is 2.28. The third-order valence-corrected chi connectivity index (χ3v) is 4.95. The van der Waals surface area contributed by atoms with Crippen LogP contribution in [0.25, 0.3) is 21.9 Å². The number of fused-ring (bicyclic) bond motifs is 1. The molecule has 3 aromatic rings. The second-order valence-corrected chi connectivity index (χ2v) is 7.43. The molecule has 3 rings (SSSR count). The van der Waals surface area contributed by atoms with Gasteiger partial charge in [0.15, 0.2) is 11.3 Å². The van der Waals surface area contributed by atoms with Crippen LogP contribution in [-0.4, -0.2) is 44.6 Å². The molecule has 0 spiro atoms. The van der Waals surface area contributed by atoms with E-state index in [1.807, 2.05) is 37.7 Å². The Hall–Kier alpha value is -2.19. The number of nitrogens with zero attached hydrogens (tertiary/aromatic N) is 4. The minimum absolute atomic E-state index is 0.308. The van der Waals surface area contributed by atoms with Gasteiger partial charge in [0.05, 0.1) is 4.88 Å². The summed E-state index contributed by atoms with van der Waals surface area (Å²) in [5.41, 5.74) is 0.0238. The van der Waals surface area contributed by atoms with Crippen molar-refractivity contribution in [3.8, 4) is 10.7 Å². The summed E-state index contributed by atoms with van der Waals surface area (Å²) in [6, 6.07) is 4.04. The van der Waals surface area contributed by atoms with Gasteiger partial charge in [-0.2, -0.15) is 0 Å². The Labute approximate surface area is 143 Å². The second kappa shape index (κ2) is 6.37. The molecule has 0 unspecified atom stereocenters. The van der Waals surface area contributed by atoms with E-state index in [-0.39, 0.29) is 5.56 Å². The summed E-state index contributed by atoms with van der Waals surface area (Å²) >= 11 is 1.63. The molecule has 0 aliphatic carbocycles. The van der Waals surface area contributed by atoms with E-state index in [4.69, 9.17) is 0 Å². The summed E-state index contributed by atoms with van der Waals surface area (Å²) in [5.74, 6) is 0.737. The molecule has 0 saturated carbocycles. The van der Waals surface area contributed by atoms with Crippen molar-refractivity contribution in [3.05, 3.63) is 37.8 Å². The number of rotatable bonds is 5. The fourth-order valence-electron chi connectivity index (χ4n) is 2.67. The molecule has 0 bridgehead atoms. The number of hydrogen-bond acceptors (Lipinski definition) is 5. The Balaban J connectivity index is 2.19. The Bertz CT molecular complexity index is 992. The van der Waals surface area contributed by atoms with E-state index in [0.717, 1.165) is 28.2 Å². The molecule has 0 fully saturated rings. The SMILES string of the molecule is Cc1ccc(-c2nc3c(=O)n(C)c(=O)[nH]c3n2CCCN(C)C)s1. The molecule has 0 radical (unpaired) electrons. The third-order valence-electron chi connectivity index (χ3n) is 3.95. The van der Waals surface area contributed by atoms with Crippen LogP contribution < -0.4 is 11.2 Å². The van der Waals surface area contributed by atoms with Crippen molar-refractivity contribution in [1.29, 1.82) is 0 Å². The molecule has 24 heavy (non-hydrogen) atoms. The van der Waals surface area contributed by atoms with Crippen LogP contribution in [0.1, 0.15) is 11.3 Å². The monoisotopic (exact) mass is 347 g/mol. The highest BCUT2D eigenvalue weighted by atomic mass is 32.1. The van der Waals surface area contributed by atoms with E-state index in [1.165, 1.54) is 11.9 Å². The molecule has 0 saturated heterocycles. The summed E-state index contributed by atoms with van der Waals surface area (Å²) in [7, 11) is 5.50. The molecule has 0 aromatic carbocycles. The highest BCUT2D eigenvalue weighted by Gasteiger charge is 2.18. The Morgan fingerprint density at radius 1 is 1.29 bits per heavy atom. The van der Waals surface area contributed by atoms with Crippen molar-refractivity contribution in [2.75, 3.05) is 20.6 Å². The van der Waals surface area contributed by atoms with Gasteiger partial charge in [-0.05, 0) is 46.1 Å². The molecule has 7 nitrogen and oxygen atoms in total. The second-order valence-electron chi connectivity index (χ2n) is 6.15. The predicted octanol–water partition coefficient (Wildman–Crippen LogP) is 1.41. The van der Waals surface area contributed by atoms with Gasteiger partial charge in [0.25, 0.3) is 5.56 Å². The fraction of sp³-hybridized carbons (Fsp3) is 0.438. The topological polar surface area (TPSA) is 75.9 Å². The number of aromatic nitrogens is 4. The smallest absolute Gasteiger partial charge is 0.309 e. The number of nitrogens with one attached hydrogen (secondary N) is 1. The van der Waals surface area contributed by atoms with Gasteiger partial charge in [-0.15, -0.1) is 11.3 Å². The highest BCUT2D eigenvalue weighted by molar-refractivity contribution is 7.15. The van der Waals surface area contributed by atoms with E-state index in [2.05, 4.69) is 14.9 Å². The molecule has 0 atom stereocenters. The Morgan fingerprint density at radius 2 is 2.04 bits per heavy atom. The van der Waals surface area contributed by atoms with Crippen LogP contribution in [0.15, 0.2) is 21.7 Å². The zero-order valence-electron chi connectivity index (χ0n) is 14.3. The van der Waals surface area contributed by atoms with Gasteiger partial charge in [0.2, 0.25) is 0 Å². The van der Waals surface area contributed by atoms with Gasteiger partial charge in [0, 0.05) is 18.5 Å². The lowest BCUT2D eigenvalue weighted by molar-refractivity contribution is 0.388. The average Bonchev–Trinajstić information content (AvgIpc) is 3.09. The maximum absolute atomic E-state index is 12.4. The summed E-state index contributed by atoms with van der Waals surface area (Å²) in [6.45, 7) is 3.63. The van der Waals surface area contributed by atoms with Crippen LogP contribution in [0.2, 0.25) is 0 Å². The fourth-order valence-corrected chi connectivity index (χ4v) is 3.54. The number of aromatic amines is 1. The molecule has 0 aliphatic heterocycles. The molecule has 0 amide bonds. The van der Waals surface area contributed by atoms with Gasteiger partial charge >= 0.3 is 5.69 Å². The van der Waals surface area contributed by atoms with Gasteiger partial charge in [-0.25, -0.2) is 9.78 Å². The quantitative estimate of drug-likeness (QED) is 0.757. The van der Waals surface area contributed by atoms with Crippen LogP contribution in [-0.2, 0) is 13.6 Å². The first-order valence-electron chi connectivity index (χ1n) is 7.79. The molecule has 128 valence electrons. The van der Waals surface area contributed by atoms with Crippen LogP contribution in [0.4, 0.5) is 0 Å². The van der Waals surface area contributed by atoms with Crippen molar-refractivity contribution in [3.63, 3.8) is 0 Å². The molecule has 8 heteroatoms. The third kappa shape index (κ3) is 2.94. The average molecular weight is 347 g/mol. The minimum Gasteiger partial charge on any atom is -0.309 e. The lowest BCUT2D eigenvalue weighted by Gasteiger charge is -2.11. The largest absolute Gasteiger partial charge is 0.329 e. The molecule has 3 heterocycles. The molecular formula is C16H21N5O2S. The number of imidazole rings is 1. The maximum atomic E-state index is 12.4. The van der Waals surface area contributed by atoms with E-state index in [1.54, 1.807) is 11.3 Å². The lowest BCUT2D eigenvalue weighted by Crippen LogP contribution is -2.32. The normalized spacial score (nSPS) is 11.7. The van der Waals surface area contributed by atoms with Crippen LogP contribution in [0.5, 0.6) is 0 Å². The van der Waals surface area contributed by atoms with Gasteiger partial charge in [0.1, 0.15) is 5.65 Å². The first-order valence-corrected chi connectivity index (χ1v) is 8.61. The summed E-state index contributed by atoms with van der Waals surface area (Å²) in [5, 5.41) is 0. The van der Waals surface area contributed by atoms with E-state index in [0.29, 0.717) is 17.7 Å². The van der Waals surface area contributed by atoms with Crippen LogP contribution in [0.3, 0.4) is 0 Å². The van der Waals surface area contributed by atoms with E-state index < -0.39 is 5.69 Å².